The Balaban J connectivity index is 1.49. The van der Waals surface area contributed by atoms with E-state index in [9.17, 15) is 4.79 Å². The summed E-state index contributed by atoms with van der Waals surface area (Å²) in [4.78, 5) is 14.7. The van der Waals surface area contributed by atoms with Gasteiger partial charge in [-0.3, -0.25) is 9.89 Å². The van der Waals surface area contributed by atoms with Gasteiger partial charge in [0, 0.05) is 29.9 Å². The van der Waals surface area contributed by atoms with Crippen molar-refractivity contribution in [3.05, 3.63) is 52.3 Å². The molecule has 22 heavy (non-hydrogen) atoms. The van der Waals surface area contributed by atoms with E-state index in [4.69, 9.17) is 11.6 Å². The summed E-state index contributed by atoms with van der Waals surface area (Å²) in [5.41, 5.74) is 3.05. The van der Waals surface area contributed by atoms with E-state index in [0.29, 0.717) is 11.8 Å². The van der Waals surface area contributed by atoms with Crippen molar-refractivity contribution in [2.45, 2.75) is 31.1 Å². The molecule has 1 aromatic carbocycles. The van der Waals surface area contributed by atoms with Crippen molar-refractivity contribution in [1.82, 2.24) is 15.1 Å². The number of carbonyl (C=O) groups excluding carboxylic acids is 1. The fourth-order valence-corrected chi connectivity index (χ4v) is 3.40. The average Bonchev–Trinajstić information content (AvgIpc) is 3.07. The van der Waals surface area contributed by atoms with Crippen molar-refractivity contribution >= 4 is 17.5 Å². The predicted octanol–water partition coefficient (Wildman–Crippen LogP) is 3.57. The summed E-state index contributed by atoms with van der Waals surface area (Å²) in [5, 5.41) is 7.84. The van der Waals surface area contributed by atoms with Gasteiger partial charge in [-0.1, -0.05) is 23.7 Å². The minimum absolute atomic E-state index is 0.118. The molecule has 4 nitrogen and oxygen atoms in total. The summed E-state index contributed by atoms with van der Waals surface area (Å²) < 4.78 is 0. The molecular formula is C17H18ClN3O. The molecule has 0 radical (unpaired) electrons. The van der Waals surface area contributed by atoms with Crippen LogP contribution in [0.2, 0.25) is 5.02 Å². The van der Waals surface area contributed by atoms with Crippen molar-refractivity contribution in [2.75, 3.05) is 13.1 Å². The van der Waals surface area contributed by atoms with Gasteiger partial charge in [0.15, 0.2) is 0 Å². The van der Waals surface area contributed by atoms with Crippen molar-refractivity contribution < 1.29 is 4.79 Å². The lowest BCUT2D eigenvalue weighted by atomic mass is 9.99. The summed E-state index contributed by atoms with van der Waals surface area (Å²) >= 11 is 5.94. The summed E-state index contributed by atoms with van der Waals surface area (Å²) in [6, 6.07) is 7.97. The van der Waals surface area contributed by atoms with Crippen LogP contribution < -0.4 is 0 Å². The number of aromatic nitrogens is 2. The van der Waals surface area contributed by atoms with Crippen LogP contribution in [0.1, 0.15) is 52.7 Å². The van der Waals surface area contributed by atoms with E-state index in [1.54, 1.807) is 6.20 Å². The Morgan fingerprint density at radius 1 is 1.18 bits per heavy atom. The second kappa shape index (κ2) is 5.43. The van der Waals surface area contributed by atoms with Crippen LogP contribution in [0.4, 0.5) is 0 Å². The molecule has 2 heterocycles. The molecule has 1 saturated carbocycles. The number of H-pyrrole nitrogens is 1. The van der Waals surface area contributed by atoms with Gasteiger partial charge in [-0.05, 0) is 37.0 Å². The number of nitrogens with zero attached hydrogens (tertiary/aromatic N) is 2. The van der Waals surface area contributed by atoms with Crippen molar-refractivity contribution in [3.63, 3.8) is 0 Å². The zero-order chi connectivity index (χ0) is 15.1. The minimum atomic E-state index is 0.118. The van der Waals surface area contributed by atoms with Crippen molar-refractivity contribution in [3.8, 4) is 0 Å². The number of nitrogens with one attached hydrogen (secondary N) is 1. The van der Waals surface area contributed by atoms with Gasteiger partial charge in [0.25, 0.3) is 5.91 Å². The fourth-order valence-electron chi connectivity index (χ4n) is 3.27. The van der Waals surface area contributed by atoms with Gasteiger partial charge >= 0.3 is 0 Å². The van der Waals surface area contributed by atoms with E-state index in [0.717, 1.165) is 48.6 Å². The molecule has 0 spiro atoms. The second-order valence-corrected chi connectivity index (χ2v) is 6.70. The third-order valence-corrected chi connectivity index (χ3v) is 4.95. The van der Waals surface area contributed by atoms with E-state index in [-0.39, 0.29) is 5.91 Å². The highest BCUT2D eigenvalue weighted by molar-refractivity contribution is 6.30. The highest BCUT2D eigenvalue weighted by atomic mass is 35.5. The number of aromatic amines is 1. The first-order chi connectivity index (χ1) is 10.7. The number of hydrogen-bond acceptors (Lipinski definition) is 2. The van der Waals surface area contributed by atoms with Gasteiger partial charge in [-0.2, -0.15) is 5.10 Å². The Bertz CT molecular complexity index is 690. The van der Waals surface area contributed by atoms with Crippen LogP contribution in [0, 0.1) is 0 Å². The Labute approximate surface area is 134 Å². The smallest absolute Gasteiger partial charge is 0.257 e. The molecule has 2 aliphatic rings. The van der Waals surface area contributed by atoms with E-state index in [1.165, 1.54) is 5.56 Å². The van der Waals surface area contributed by atoms with E-state index < -0.39 is 0 Å². The summed E-state index contributed by atoms with van der Waals surface area (Å²) in [5.74, 6) is 1.03. The Morgan fingerprint density at radius 3 is 2.68 bits per heavy atom. The number of benzene rings is 1. The van der Waals surface area contributed by atoms with Crippen LogP contribution in [0.25, 0.3) is 0 Å². The van der Waals surface area contributed by atoms with E-state index >= 15 is 0 Å². The molecule has 1 amide bonds. The maximum atomic E-state index is 12.7. The zero-order valence-corrected chi connectivity index (χ0v) is 13.0. The predicted molar refractivity (Wildman–Crippen MR) is 85.3 cm³/mol. The number of rotatable bonds is 3. The van der Waals surface area contributed by atoms with Gasteiger partial charge in [0.05, 0.1) is 17.5 Å². The fraction of sp³-hybridized carbons (Fsp3) is 0.412. The Kier molecular flexibility index (Phi) is 3.41. The molecule has 0 unspecified atom stereocenters. The third kappa shape index (κ3) is 2.52. The normalized spacial score (nSPS) is 21.3. The summed E-state index contributed by atoms with van der Waals surface area (Å²) in [7, 11) is 0. The first kappa shape index (κ1) is 13.8. The molecular weight excluding hydrogens is 298 g/mol. The molecule has 1 N–H and O–H groups in total. The number of likely N-dealkylation sites (tertiary alicyclic amines) is 1. The number of amides is 1. The van der Waals surface area contributed by atoms with Crippen molar-refractivity contribution in [2.24, 2.45) is 0 Å². The Hall–Kier alpha value is -1.81. The van der Waals surface area contributed by atoms with Crippen molar-refractivity contribution in [1.29, 1.82) is 0 Å². The van der Waals surface area contributed by atoms with Crippen LogP contribution in [0.5, 0.6) is 0 Å². The standard InChI is InChI=1S/C17H18ClN3O/c18-14-5-3-11(4-6-14)13-7-8-21(10-13)17(22)15-9-19-20-16(15)12-1-2-12/h3-6,9,12-13H,1-2,7-8,10H2,(H,19,20)/t13-/m0/s1. The lowest BCUT2D eigenvalue weighted by Crippen LogP contribution is -2.28. The molecule has 5 heteroatoms. The van der Waals surface area contributed by atoms with Crippen LogP contribution in [0.15, 0.2) is 30.5 Å². The average molecular weight is 316 g/mol. The molecule has 1 saturated heterocycles. The van der Waals surface area contributed by atoms with Crippen LogP contribution >= 0.6 is 11.6 Å². The highest BCUT2D eigenvalue weighted by Crippen LogP contribution is 2.41. The molecule has 2 fully saturated rings. The first-order valence-corrected chi connectivity index (χ1v) is 8.18. The van der Waals surface area contributed by atoms with Gasteiger partial charge in [-0.15, -0.1) is 0 Å². The van der Waals surface area contributed by atoms with Gasteiger partial charge in [0.2, 0.25) is 0 Å². The largest absolute Gasteiger partial charge is 0.338 e. The molecule has 1 aliphatic heterocycles. The molecule has 0 bridgehead atoms. The lowest BCUT2D eigenvalue weighted by Gasteiger charge is -2.16. The van der Waals surface area contributed by atoms with E-state index in [2.05, 4.69) is 22.3 Å². The maximum Gasteiger partial charge on any atom is 0.257 e. The molecule has 4 rings (SSSR count). The maximum absolute atomic E-state index is 12.7. The van der Waals surface area contributed by atoms with Crippen LogP contribution in [-0.2, 0) is 0 Å². The lowest BCUT2D eigenvalue weighted by molar-refractivity contribution is 0.0789. The highest BCUT2D eigenvalue weighted by Gasteiger charge is 2.34. The molecule has 1 atom stereocenters. The van der Waals surface area contributed by atoms with Crippen LogP contribution in [0.3, 0.4) is 0 Å². The third-order valence-electron chi connectivity index (χ3n) is 4.70. The quantitative estimate of drug-likeness (QED) is 0.941. The van der Waals surface area contributed by atoms with Gasteiger partial charge in [-0.25, -0.2) is 0 Å². The first-order valence-electron chi connectivity index (χ1n) is 7.80. The van der Waals surface area contributed by atoms with E-state index in [1.807, 2.05) is 17.0 Å². The molecule has 2 aromatic rings. The Morgan fingerprint density at radius 2 is 1.95 bits per heavy atom. The SMILES string of the molecule is O=C(c1cn[nH]c1C1CC1)N1CC[C@H](c2ccc(Cl)cc2)C1. The zero-order valence-electron chi connectivity index (χ0n) is 12.3. The monoisotopic (exact) mass is 315 g/mol. The number of halogens is 1. The number of hydrogen-bond donors (Lipinski definition) is 1. The molecule has 1 aliphatic carbocycles. The minimum Gasteiger partial charge on any atom is -0.338 e. The molecule has 114 valence electrons. The van der Waals surface area contributed by atoms with Crippen LogP contribution in [-0.4, -0.2) is 34.1 Å². The summed E-state index contributed by atoms with van der Waals surface area (Å²) in [6.45, 7) is 1.58. The van der Waals surface area contributed by atoms with Gasteiger partial charge in [0.1, 0.15) is 0 Å². The van der Waals surface area contributed by atoms with Gasteiger partial charge < -0.3 is 4.90 Å². The topological polar surface area (TPSA) is 49.0 Å². The molecule has 1 aromatic heterocycles. The number of carbonyl (C=O) groups is 1. The summed E-state index contributed by atoms with van der Waals surface area (Å²) in [6.07, 6.45) is 5.02. The second-order valence-electron chi connectivity index (χ2n) is 6.26.